The topological polar surface area (TPSA) is 55.2 Å². The third-order valence-corrected chi connectivity index (χ3v) is 4.82. The van der Waals surface area contributed by atoms with Gasteiger partial charge in [0.2, 0.25) is 0 Å². The van der Waals surface area contributed by atoms with Crippen LogP contribution in [0.25, 0.3) is 33.8 Å². The van der Waals surface area contributed by atoms with E-state index in [4.69, 9.17) is 9.64 Å². The summed E-state index contributed by atoms with van der Waals surface area (Å²) in [6, 6.07) is 26.0. The Kier molecular flexibility index (Phi) is 5.51. The number of aromatic nitrogens is 2. The van der Waals surface area contributed by atoms with Crippen molar-refractivity contribution in [1.29, 1.82) is 0 Å². The van der Waals surface area contributed by atoms with Gasteiger partial charge in [0.05, 0.1) is 17.1 Å². The molecule has 4 rings (SSSR count). The minimum Gasteiger partial charge on any atom is -0.423 e. The molecule has 4 nitrogen and oxygen atoms in total. The summed E-state index contributed by atoms with van der Waals surface area (Å²) in [4.78, 5) is 9.35. The number of hydrogen-bond donors (Lipinski definition) is 1. The fraction of sp³-hybridized carbons (Fsp3) is 0.0833. The smallest absolute Gasteiger partial charge is 0.423 e. The highest BCUT2D eigenvalue weighted by molar-refractivity contribution is 6.59. The largest absolute Gasteiger partial charge is 0.490 e. The summed E-state index contributed by atoms with van der Waals surface area (Å²) in [5.74, 6) is 0. The van der Waals surface area contributed by atoms with E-state index < -0.39 is 7.12 Å². The van der Waals surface area contributed by atoms with Gasteiger partial charge in [-0.15, -0.1) is 0 Å². The van der Waals surface area contributed by atoms with E-state index in [2.05, 4.69) is 36.2 Å². The number of hydrogen-bond acceptors (Lipinski definition) is 4. The molecule has 0 bridgehead atoms. The number of rotatable bonds is 5. The Morgan fingerprint density at radius 2 is 1.55 bits per heavy atom. The normalized spacial score (nSPS) is 10.7. The number of aryl methyl sites for hydroxylation is 1. The third-order valence-electron chi connectivity index (χ3n) is 4.82. The van der Waals surface area contributed by atoms with Crippen LogP contribution in [0, 0.1) is 6.92 Å². The van der Waals surface area contributed by atoms with Crippen molar-refractivity contribution in [2.24, 2.45) is 0 Å². The average molecular weight is 380 g/mol. The van der Waals surface area contributed by atoms with E-state index in [1.807, 2.05) is 54.6 Å². The Labute approximate surface area is 171 Å². The van der Waals surface area contributed by atoms with E-state index in [1.54, 1.807) is 6.20 Å². The molecule has 1 N–H and O–H groups in total. The fourth-order valence-corrected chi connectivity index (χ4v) is 3.27. The van der Waals surface area contributed by atoms with Crippen molar-refractivity contribution >= 4 is 12.6 Å². The Hall–Kier alpha value is -3.28. The molecule has 0 amide bonds. The van der Waals surface area contributed by atoms with Crippen molar-refractivity contribution in [3.05, 3.63) is 90.6 Å². The maximum Gasteiger partial charge on any atom is 0.490 e. The van der Waals surface area contributed by atoms with E-state index in [0.717, 1.165) is 33.8 Å². The monoisotopic (exact) mass is 380 g/mol. The Balaban J connectivity index is 1.84. The van der Waals surface area contributed by atoms with Crippen LogP contribution in [0.2, 0.25) is 0 Å². The molecule has 29 heavy (non-hydrogen) atoms. The molecule has 0 aliphatic carbocycles. The highest BCUT2D eigenvalue weighted by Crippen LogP contribution is 2.29. The van der Waals surface area contributed by atoms with Crippen LogP contribution >= 0.6 is 0 Å². The third kappa shape index (κ3) is 4.26. The Bertz CT molecular complexity index is 1120. The van der Waals surface area contributed by atoms with Crippen LogP contribution in [-0.4, -0.2) is 29.2 Å². The maximum atomic E-state index is 9.86. The summed E-state index contributed by atoms with van der Waals surface area (Å²) in [7, 11) is 0.558. The molecule has 0 atom stereocenters. The van der Waals surface area contributed by atoms with Gasteiger partial charge in [0.25, 0.3) is 0 Å². The van der Waals surface area contributed by atoms with Gasteiger partial charge in [-0.2, -0.15) is 0 Å². The van der Waals surface area contributed by atoms with Crippen LogP contribution in [-0.2, 0) is 4.65 Å². The second-order valence-electron chi connectivity index (χ2n) is 6.92. The molecule has 2 heterocycles. The first-order valence-electron chi connectivity index (χ1n) is 9.46. The lowest BCUT2D eigenvalue weighted by Crippen LogP contribution is -2.31. The number of benzene rings is 2. The summed E-state index contributed by atoms with van der Waals surface area (Å²) in [6.07, 6.45) is 1.77. The summed E-state index contributed by atoms with van der Waals surface area (Å²) in [5, 5.41) is 9.86. The van der Waals surface area contributed by atoms with E-state index in [0.29, 0.717) is 5.46 Å². The molecule has 4 aromatic rings. The lowest BCUT2D eigenvalue weighted by molar-refractivity contribution is 0.341. The molecule has 0 aliphatic heterocycles. The highest BCUT2D eigenvalue weighted by atomic mass is 16.5. The summed E-state index contributed by atoms with van der Waals surface area (Å²) >= 11 is 0. The van der Waals surface area contributed by atoms with Crippen LogP contribution < -0.4 is 5.46 Å². The first kappa shape index (κ1) is 19.1. The predicted molar refractivity (Wildman–Crippen MR) is 118 cm³/mol. The van der Waals surface area contributed by atoms with Crippen LogP contribution in [0.4, 0.5) is 0 Å². The first-order chi connectivity index (χ1) is 14.1. The molecule has 0 saturated heterocycles. The molecule has 2 aromatic carbocycles. The summed E-state index contributed by atoms with van der Waals surface area (Å²) in [5.41, 5.74) is 7.58. The van der Waals surface area contributed by atoms with Crippen molar-refractivity contribution in [2.45, 2.75) is 6.92 Å². The zero-order valence-corrected chi connectivity index (χ0v) is 16.4. The quantitative estimate of drug-likeness (QED) is 0.530. The lowest BCUT2D eigenvalue weighted by Gasteiger charge is -2.11. The lowest BCUT2D eigenvalue weighted by atomic mass is 9.79. The standard InChI is InChI=1S/C24H21BN2O2/c1-17-6-5-7-19(14-17)23-15-20(16-24(27-23)22-8-3-4-13-26-22)18-9-11-21(12-10-18)25(28)29-2/h3-16,28H,1-2H3. The molecule has 0 spiro atoms. The van der Waals surface area contributed by atoms with Gasteiger partial charge < -0.3 is 9.68 Å². The highest BCUT2D eigenvalue weighted by Gasteiger charge is 2.15. The second kappa shape index (κ2) is 8.39. The summed E-state index contributed by atoms with van der Waals surface area (Å²) < 4.78 is 4.98. The fourth-order valence-electron chi connectivity index (χ4n) is 3.27. The van der Waals surface area contributed by atoms with Crippen LogP contribution in [0.5, 0.6) is 0 Å². The zero-order chi connectivity index (χ0) is 20.2. The van der Waals surface area contributed by atoms with Crippen LogP contribution in [0.3, 0.4) is 0 Å². The molecule has 0 radical (unpaired) electrons. The molecule has 2 aromatic heterocycles. The van der Waals surface area contributed by atoms with Crippen LogP contribution in [0.1, 0.15) is 5.56 Å². The SMILES string of the molecule is COB(O)c1ccc(-c2cc(-c3cccc(C)c3)nc(-c3ccccn3)c2)cc1. The van der Waals surface area contributed by atoms with Gasteiger partial charge in [-0.25, -0.2) is 4.98 Å². The number of nitrogens with zero attached hydrogens (tertiary/aromatic N) is 2. The molecule has 0 unspecified atom stereocenters. The van der Waals surface area contributed by atoms with Crippen molar-refractivity contribution < 1.29 is 9.68 Å². The average Bonchev–Trinajstić information content (AvgIpc) is 2.79. The number of pyridine rings is 2. The Morgan fingerprint density at radius 1 is 0.759 bits per heavy atom. The van der Waals surface area contributed by atoms with E-state index in [1.165, 1.54) is 12.7 Å². The molecular weight excluding hydrogens is 359 g/mol. The minimum absolute atomic E-state index is 0.717. The van der Waals surface area contributed by atoms with Gasteiger partial charge in [-0.05, 0) is 53.8 Å². The molecule has 5 heteroatoms. The van der Waals surface area contributed by atoms with Crippen molar-refractivity contribution in [2.75, 3.05) is 7.11 Å². The Morgan fingerprint density at radius 3 is 2.24 bits per heavy atom. The van der Waals surface area contributed by atoms with Crippen molar-refractivity contribution in [3.8, 4) is 33.8 Å². The first-order valence-corrected chi connectivity index (χ1v) is 9.46. The van der Waals surface area contributed by atoms with Gasteiger partial charge in [0.15, 0.2) is 0 Å². The van der Waals surface area contributed by atoms with Crippen LogP contribution in [0.15, 0.2) is 85.1 Å². The van der Waals surface area contributed by atoms with Gasteiger partial charge in [0.1, 0.15) is 0 Å². The van der Waals surface area contributed by atoms with Gasteiger partial charge in [-0.1, -0.05) is 54.1 Å². The minimum atomic E-state index is -0.923. The predicted octanol–water partition coefficient (Wildman–Crippen LogP) is 4.12. The summed E-state index contributed by atoms with van der Waals surface area (Å²) in [6.45, 7) is 2.08. The zero-order valence-electron chi connectivity index (χ0n) is 16.4. The maximum absolute atomic E-state index is 9.86. The molecule has 142 valence electrons. The van der Waals surface area contributed by atoms with E-state index >= 15 is 0 Å². The molecular formula is C24H21BN2O2. The van der Waals surface area contributed by atoms with E-state index in [-0.39, 0.29) is 0 Å². The van der Waals surface area contributed by atoms with E-state index in [9.17, 15) is 5.02 Å². The molecule has 0 aliphatic rings. The van der Waals surface area contributed by atoms with Crippen molar-refractivity contribution in [1.82, 2.24) is 9.97 Å². The molecule has 0 fully saturated rings. The van der Waals surface area contributed by atoms with Gasteiger partial charge >= 0.3 is 7.12 Å². The second-order valence-corrected chi connectivity index (χ2v) is 6.92. The van der Waals surface area contributed by atoms with Gasteiger partial charge in [-0.3, -0.25) is 4.98 Å². The van der Waals surface area contributed by atoms with Crippen molar-refractivity contribution in [3.63, 3.8) is 0 Å². The van der Waals surface area contributed by atoms with Gasteiger partial charge in [0, 0.05) is 18.9 Å². The molecule has 0 saturated carbocycles.